The molecule has 8 heteroatoms. The van der Waals surface area contributed by atoms with Gasteiger partial charge in [0.25, 0.3) is 0 Å². The molecule has 1 aromatic heterocycles. The van der Waals surface area contributed by atoms with Crippen molar-refractivity contribution in [1.82, 2.24) is 15.1 Å². The number of amides is 3. The first-order valence-electron chi connectivity index (χ1n) is 11.0. The maximum Gasteiger partial charge on any atom is 0.233 e. The number of ether oxygens (including phenoxy) is 1. The topological polar surface area (TPSA) is 92.1 Å². The highest BCUT2D eigenvalue weighted by Crippen LogP contribution is 2.38. The third-order valence-corrected chi connectivity index (χ3v) is 6.56. The van der Waals surface area contributed by atoms with Gasteiger partial charge in [-0.3, -0.25) is 24.2 Å². The van der Waals surface area contributed by atoms with E-state index in [0.29, 0.717) is 19.8 Å². The van der Waals surface area contributed by atoms with E-state index in [2.05, 4.69) is 10.2 Å². The first-order valence-corrected chi connectivity index (χ1v) is 11.0. The summed E-state index contributed by atoms with van der Waals surface area (Å²) in [6.07, 6.45) is 3.72. The van der Waals surface area contributed by atoms with Gasteiger partial charge in [0.1, 0.15) is 11.5 Å². The molecule has 1 N–H and O–H groups in total. The van der Waals surface area contributed by atoms with Crippen molar-refractivity contribution < 1.29 is 23.5 Å². The molecular weight excluding hydrogens is 386 g/mol. The molecule has 1 aliphatic carbocycles. The fourth-order valence-electron chi connectivity index (χ4n) is 4.89. The third-order valence-electron chi connectivity index (χ3n) is 6.56. The minimum absolute atomic E-state index is 0.0653. The number of morpholine rings is 1. The van der Waals surface area contributed by atoms with E-state index in [4.69, 9.17) is 9.15 Å². The standard InChI is InChI=1S/C22H31N3O5/c1-15-6-7-19(30-15)18(24-10-12-29-13-11-24)14-23-20(26)8-9-25-21(27)16-4-2-3-5-17(16)22(25)28/h6-7,16-18H,2-5,8-14H2,1H3,(H,23,26)/t16-,17-,18+/m1/s1. The minimum atomic E-state index is -0.165. The molecule has 8 nitrogen and oxygen atoms in total. The third kappa shape index (κ3) is 4.44. The number of fused-ring (bicyclic) bond motifs is 1. The molecule has 30 heavy (non-hydrogen) atoms. The van der Waals surface area contributed by atoms with Crippen molar-refractivity contribution >= 4 is 17.7 Å². The Morgan fingerprint density at radius 3 is 2.40 bits per heavy atom. The average molecular weight is 418 g/mol. The first-order chi connectivity index (χ1) is 14.5. The number of furan rings is 1. The van der Waals surface area contributed by atoms with Crippen LogP contribution in [0.3, 0.4) is 0 Å². The molecule has 0 unspecified atom stereocenters. The molecule has 1 saturated carbocycles. The lowest BCUT2D eigenvalue weighted by molar-refractivity contribution is -0.140. The van der Waals surface area contributed by atoms with Gasteiger partial charge in [-0.2, -0.15) is 0 Å². The smallest absolute Gasteiger partial charge is 0.233 e. The first kappa shape index (κ1) is 21.1. The second kappa shape index (κ2) is 9.31. The molecule has 3 amide bonds. The Balaban J connectivity index is 1.31. The predicted molar refractivity (Wildman–Crippen MR) is 108 cm³/mol. The van der Waals surface area contributed by atoms with Crippen molar-refractivity contribution in [2.24, 2.45) is 11.8 Å². The number of nitrogens with zero attached hydrogens (tertiary/aromatic N) is 2. The molecule has 0 bridgehead atoms. The number of rotatable bonds is 7. The number of carbonyl (C=O) groups is 3. The molecule has 3 fully saturated rings. The molecule has 3 heterocycles. The van der Waals surface area contributed by atoms with E-state index in [0.717, 1.165) is 50.3 Å². The molecule has 0 radical (unpaired) electrons. The van der Waals surface area contributed by atoms with Crippen molar-refractivity contribution in [3.8, 4) is 0 Å². The Kier molecular flexibility index (Phi) is 6.53. The fraction of sp³-hybridized carbons (Fsp3) is 0.682. The van der Waals surface area contributed by atoms with Gasteiger partial charge < -0.3 is 14.5 Å². The highest BCUT2D eigenvalue weighted by atomic mass is 16.5. The van der Waals surface area contributed by atoms with Crippen molar-refractivity contribution in [3.05, 3.63) is 23.7 Å². The van der Waals surface area contributed by atoms with Gasteiger partial charge in [0, 0.05) is 32.6 Å². The zero-order chi connectivity index (χ0) is 21.1. The van der Waals surface area contributed by atoms with Gasteiger partial charge in [-0.05, 0) is 31.9 Å². The Hall–Kier alpha value is -2.19. The molecular formula is C22H31N3O5. The van der Waals surface area contributed by atoms with E-state index in [9.17, 15) is 14.4 Å². The SMILES string of the molecule is Cc1ccc([C@H](CNC(=O)CCN2C(=O)[C@@H]3CCCC[C@H]3C2=O)N2CCOCC2)o1. The largest absolute Gasteiger partial charge is 0.465 e. The molecule has 0 aromatic carbocycles. The molecule has 3 atom stereocenters. The van der Waals surface area contributed by atoms with Crippen molar-refractivity contribution in [1.29, 1.82) is 0 Å². The summed E-state index contributed by atoms with van der Waals surface area (Å²) in [5, 5.41) is 2.97. The Morgan fingerprint density at radius 1 is 1.13 bits per heavy atom. The van der Waals surface area contributed by atoms with Crippen LogP contribution in [-0.4, -0.2) is 66.9 Å². The van der Waals surface area contributed by atoms with Crippen LogP contribution < -0.4 is 5.32 Å². The van der Waals surface area contributed by atoms with Crippen LogP contribution in [0.15, 0.2) is 16.5 Å². The second-order valence-corrected chi connectivity index (χ2v) is 8.49. The Labute approximate surface area is 176 Å². The van der Waals surface area contributed by atoms with Crippen molar-refractivity contribution in [3.63, 3.8) is 0 Å². The fourth-order valence-corrected chi connectivity index (χ4v) is 4.89. The number of carbonyl (C=O) groups excluding carboxylic acids is 3. The quantitative estimate of drug-likeness (QED) is 0.678. The van der Waals surface area contributed by atoms with Crippen molar-refractivity contribution in [2.45, 2.75) is 45.1 Å². The zero-order valence-electron chi connectivity index (χ0n) is 17.6. The Bertz CT molecular complexity index is 761. The number of hydrogen-bond donors (Lipinski definition) is 1. The van der Waals surface area contributed by atoms with Crippen LogP contribution in [0.4, 0.5) is 0 Å². The monoisotopic (exact) mass is 417 g/mol. The van der Waals surface area contributed by atoms with E-state index < -0.39 is 0 Å². The van der Waals surface area contributed by atoms with Crippen LogP contribution in [0.25, 0.3) is 0 Å². The van der Waals surface area contributed by atoms with E-state index in [1.54, 1.807) is 0 Å². The zero-order valence-corrected chi connectivity index (χ0v) is 17.6. The summed E-state index contributed by atoms with van der Waals surface area (Å²) in [4.78, 5) is 41.2. The summed E-state index contributed by atoms with van der Waals surface area (Å²) in [7, 11) is 0. The van der Waals surface area contributed by atoms with E-state index in [1.165, 1.54) is 4.90 Å². The number of imide groups is 1. The van der Waals surface area contributed by atoms with Gasteiger partial charge in [0.15, 0.2) is 0 Å². The summed E-state index contributed by atoms with van der Waals surface area (Å²) >= 11 is 0. The van der Waals surface area contributed by atoms with Gasteiger partial charge in [0.05, 0.1) is 31.1 Å². The van der Waals surface area contributed by atoms with Gasteiger partial charge in [-0.1, -0.05) is 12.8 Å². The summed E-state index contributed by atoms with van der Waals surface area (Å²) in [6, 6.07) is 3.81. The maximum absolute atomic E-state index is 12.6. The van der Waals surface area contributed by atoms with Gasteiger partial charge in [0.2, 0.25) is 17.7 Å². The van der Waals surface area contributed by atoms with Crippen LogP contribution in [0.2, 0.25) is 0 Å². The van der Waals surface area contributed by atoms with E-state index in [-0.39, 0.29) is 48.6 Å². The molecule has 0 spiro atoms. The second-order valence-electron chi connectivity index (χ2n) is 8.49. The molecule has 164 valence electrons. The minimum Gasteiger partial charge on any atom is -0.465 e. The highest BCUT2D eigenvalue weighted by molar-refractivity contribution is 6.05. The molecule has 4 rings (SSSR count). The summed E-state index contributed by atoms with van der Waals surface area (Å²) in [5.74, 6) is 0.992. The van der Waals surface area contributed by atoms with Crippen molar-refractivity contribution in [2.75, 3.05) is 39.4 Å². The van der Waals surface area contributed by atoms with E-state index >= 15 is 0 Å². The number of hydrogen-bond acceptors (Lipinski definition) is 6. The molecule has 1 aromatic rings. The predicted octanol–water partition coefficient (Wildman–Crippen LogP) is 1.64. The van der Waals surface area contributed by atoms with E-state index in [1.807, 2.05) is 19.1 Å². The van der Waals surface area contributed by atoms with Crippen LogP contribution in [-0.2, 0) is 19.1 Å². The lowest BCUT2D eigenvalue weighted by atomic mass is 9.81. The Morgan fingerprint density at radius 2 is 1.80 bits per heavy atom. The van der Waals surface area contributed by atoms with Gasteiger partial charge >= 0.3 is 0 Å². The average Bonchev–Trinajstić information content (AvgIpc) is 3.29. The lowest BCUT2D eigenvalue weighted by Crippen LogP contribution is -2.44. The summed E-state index contributed by atoms with van der Waals surface area (Å²) in [5.41, 5.74) is 0. The maximum atomic E-state index is 12.6. The highest BCUT2D eigenvalue weighted by Gasteiger charge is 2.47. The lowest BCUT2D eigenvalue weighted by Gasteiger charge is -2.33. The van der Waals surface area contributed by atoms with Gasteiger partial charge in [-0.15, -0.1) is 0 Å². The summed E-state index contributed by atoms with van der Waals surface area (Å²) in [6.45, 7) is 5.36. The number of aryl methyl sites for hydroxylation is 1. The number of likely N-dealkylation sites (tertiary alicyclic amines) is 1. The van der Waals surface area contributed by atoms with Crippen LogP contribution in [0.5, 0.6) is 0 Å². The summed E-state index contributed by atoms with van der Waals surface area (Å²) < 4.78 is 11.3. The van der Waals surface area contributed by atoms with Crippen LogP contribution >= 0.6 is 0 Å². The normalized spacial score (nSPS) is 26.0. The molecule has 2 saturated heterocycles. The van der Waals surface area contributed by atoms with Crippen LogP contribution in [0, 0.1) is 18.8 Å². The number of nitrogens with one attached hydrogen (secondary N) is 1. The molecule has 2 aliphatic heterocycles. The molecule has 3 aliphatic rings. The van der Waals surface area contributed by atoms with Gasteiger partial charge in [-0.25, -0.2) is 0 Å². The van der Waals surface area contributed by atoms with Crippen LogP contribution in [0.1, 0.15) is 49.7 Å².